The number of benzene rings is 1. The molecule has 3 rings (SSSR count). The summed E-state index contributed by atoms with van der Waals surface area (Å²) in [5.41, 5.74) is 7.35. The van der Waals surface area contributed by atoms with Crippen LogP contribution in [0.2, 0.25) is 0 Å². The smallest absolute Gasteiger partial charge is 0.267 e. The Morgan fingerprint density at radius 3 is 2.71 bits per heavy atom. The predicted molar refractivity (Wildman–Crippen MR) is 89.0 cm³/mol. The number of hydrazone groups is 1. The number of carbonyl (C=O) groups excluding carboxylic acids is 2. The number of hydrogen-bond donors (Lipinski definition) is 2. The molecule has 0 aliphatic carbocycles. The van der Waals surface area contributed by atoms with Crippen molar-refractivity contribution in [1.82, 2.24) is 15.1 Å². The maximum absolute atomic E-state index is 12.3. The number of anilines is 1. The summed E-state index contributed by atoms with van der Waals surface area (Å²) >= 11 is 0. The van der Waals surface area contributed by atoms with E-state index in [2.05, 4.69) is 15.5 Å². The highest BCUT2D eigenvalue weighted by Crippen LogP contribution is 2.24. The first kappa shape index (κ1) is 15.7. The third-order valence-electron chi connectivity index (χ3n) is 3.73. The quantitative estimate of drug-likeness (QED) is 0.816. The summed E-state index contributed by atoms with van der Waals surface area (Å²) in [6.45, 7) is 0.346. The molecule has 1 aromatic carbocycles. The number of amides is 2. The van der Waals surface area contributed by atoms with Crippen molar-refractivity contribution in [3.05, 3.63) is 48.3 Å². The van der Waals surface area contributed by atoms with Crippen molar-refractivity contribution in [3.63, 3.8) is 0 Å². The molecule has 2 amide bonds. The van der Waals surface area contributed by atoms with Crippen LogP contribution in [-0.4, -0.2) is 33.3 Å². The fourth-order valence-electron chi connectivity index (χ4n) is 2.54. The lowest BCUT2D eigenvalue weighted by Gasteiger charge is -2.20. The lowest BCUT2D eigenvalue weighted by Crippen LogP contribution is -2.39. The van der Waals surface area contributed by atoms with Crippen molar-refractivity contribution in [1.29, 1.82) is 0 Å². The summed E-state index contributed by atoms with van der Waals surface area (Å²) in [6.07, 6.45) is 3.68. The van der Waals surface area contributed by atoms with Crippen molar-refractivity contribution in [2.75, 3.05) is 5.01 Å². The van der Waals surface area contributed by atoms with Crippen molar-refractivity contribution in [3.8, 4) is 0 Å². The summed E-state index contributed by atoms with van der Waals surface area (Å²) in [5, 5.41) is 12.6. The number of carbonyl (C=O) groups is 2. The van der Waals surface area contributed by atoms with E-state index in [1.165, 1.54) is 5.01 Å². The Labute approximate surface area is 138 Å². The predicted octanol–water partition coefficient (Wildman–Crippen LogP) is 0.157. The monoisotopic (exact) mass is 326 g/mol. The minimum absolute atomic E-state index is 0.184. The molecule has 3 N–H and O–H groups in total. The van der Waals surface area contributed by atoms with Crippen LogP contribution in [0.1, 0.15) is 12.0 Å². The van der Waals surface area contributed by atoms with E-state index in [1.54, 1.807) is 10.9 Å². The highest BCUT2D eigenvalue weighted by atomic mass is 16.2. The third kappa shape index (κ3) is 3.27. The van der Waals surface area contributed by atoms with Crippen LogP contribution in [0.4, 0.5) is 5.69 Å². The number of nitrogens with one attached hydrogen (secondary N) is 1. The van der Waals surface area contributed by atoms with Gasteiger partial charge in [-0.05, 0) is 12.1 Å². The lowest BCUT2D eigenvalue weighted by molar-refractivity contribution is -0.119. The molecule has 2 heterocycles. The molecule has 24 heavy (non-hydrogen) atoms. The van der Waals surface area contributed by atoms with Gasteiger partial charge in [-0.2, -0.15) is 10.2 Å². The molecule has 1 aliphatic heterocycles. The van der Waals surface area contributed by atoms with Crippen molar-refractivity contribution in [2.24, 2.45) is 17.9 Å². The Bertz CT molecular complexity index is 783. The van der Waals surface area contributed by atoms with Gasteiger partial charge < -0.3 is 11.1 Å². The minimum atomic E-state index is -0.661. The van der Waals surface area contributed by atoms with Crippen LogP contribution < -0.4 is 16.1 Å². The summed E-state index contributed by atoms with van der Waals surface area (Å²) in [4.78, 5) is 24.0. The maximum Gasteiger partial charge on any atom is 0.267 e. The van der Waals surface area contributed by atoms with Gasteiger partial charge in [0.25, 0.3) is 5.91 Å². The van der Waals surface area contributed by atoms with Crippen molar-refractivity contribution in [2.45, 2.75) is 19.0 Å². The van der Waals surface area contributed by atoms with Gasteiger partial charge in [0, 0.05) is 31.8 Å². The second-order valence-corrected chi connectivity index (χ2v) is 5.55. The van der Waals surface area contributed by atoms with Crippen LogP contribution >= 0.6 is 0 Å². The average molecular weight is 326 g/mol. The van der Waals surface area contributed by atoms with Gasteiger partial charge >= 0.3 is 0 Å². The zero-order chi connectivity index (χ0) is 17.1. The standard InChI is InChI=1S/C16H18N6O2/c1-21-10-11(9-19-21)8-18-16(24)13-7-14(15(17)23)22(20-13)12-5-3-2-4-6-12/h2-6,9-10,14H,7-8H2,1H3,(H2,17,23)(H,18,24)/t14-/m1/s1. The molecule has 0 unspecified atom stereocenters. The van der Waals surface area contributed by atoms with Crippen LogP contribution in [-0.2, 0) is 23.2 Å². The highest BCUT2D eigenvalue weighted by molar-refractivity contribution is 6.40. The molecule has 0 fully saturated rings. The number of aryl methyl sites for hydroxylation is 1. The molecule has 124 valence electrons. The second-order valence-electron chi connectivity index (χ2n) is 5.55. The average Bonchev–Trinajstić information content (AvgIpc) is 3.20. The second kappa shape index (κ2) is 6.53. The van der Waals surface area contributed by atoms with Crippen LogP contribution in [0.5, 0.6) is 0 Å². The van der Waals surface area contributed by atoms with E-state index in [1.807, 2.05) is 43.6 Å². The van der Waals surface area contributed by atoms with E-state index in [-0.39, 0.29) is 18.0 Å². The van der Waals surface area contributed by atoms with Crippen LogP contribution in [0.3, 0.4) is 0 Å². The van der Waals surface area contributed by atoms with Gasteiger partial charge in [-0.3, -0.25) is 19.3 Å². The first-order valence-electron chi connectivity index (χ1n) is 7.51. The van der Waals surface area contributed by atoms with E-state index < -0.39 is 11.9 Å². The molecule has 2 aromatic rings. The van der Waals surface area contributed by atoms with E-state index in [0.29, 0.717) is 6.54 Å². The van der Waals surface area contributed by atoms with Crippen molar-refractivity contribution >= 4 is 23.2 Å². The lowest BCUT2D eigenvalue weighted by atomic mass is 10.1. The molecule has 0 saturated heterocycles. The Morgan fingerprint density at radius 2 is 2.08 bits per heavy atom. The summed E-state index contributed by atoms with van der Waals surface area (Å²) in [5.74, 6) is -0.832. The third-order valence-corrected chi connectivity index (χ3v) is 3.73. The van der Waals surface area contributed by atoms with E-state index in [9.17, 15) is 9.59 Å². The Morgan fingerprint density at radius 1 is 1.33 bits per heavy atom. The molecule has 8 heteroatoms. The van der Waals surface area contributed by atoms with E-state index in [4.69, 9.17) is 5.73 Å². The molecular weight excluding hydrogens is 308 g/mol. The number of nitrogens with two attached hydrogens (primary N) is 1. The number of primary amides is 1. The summed E-state index contributed by atoms with van der Waals surface area (Å²) < 4.78 is 1.66. The maximum atomic E-state index is 12.3. The van der Waals surface area contributed by atoms with E-state index in [0.717, 1.165) is 11.3 Å². The molecule has 8 nitrogen and oxygen atoms in total. The Kier molecular flexibility index (Phi) is 4.28. The van der Waals surface area contributed by atoms with Gasteiger partial charge in [0.15, 0.2) is 0 Å². The first-order chi connectivity index (χ1) is 11.5. The SMILES string of the molecule is Cn1cc(CNC(=O)C2=NN(c3ccccc3)[C@@H](C(N)=O)C2)cn1. The fraction of sp³-hybridized carbons (Fsp3) is 0.250. The first-order valence-corrected chi connectivity index (χ1v) is 7.51. The largest absolute Gasteiger partial charge is 0.368 e. The normalized spacial score (nSPS) is 16.8. The van der Waals surface area contributed by atoms with Crippen molar-refractivity contribution < 1.29 is 9.59 Å². The molecule has 0 saturated carbocycles. The van der Waals surface area contributed by atoms with Gasteiger partial charge in [-0.25, -0.2) is 0 Å². The Hall–Kier alpha value is -3.16. The summed E-state index contributed by atoms with van der Waals surface area (Å²) in [6, 6.07) is 8.51. The molecule has 0 spiro atoms. The number of rotatable bonds is 5. The molecule has 1 aliphatic rings. The van der Waals surface area contributed by atoms with Gasteiger partial charge in [-0.1, -0.05) is 18.2 Å². The minimum Gasteiger partial charge on any atom is -0.368 e. The molecule has 1 atom stereocenters. The van der Waals surface area contributed by atoms with Crippen LogP contribution in [0.15, 0.2) is 47.8 Å². The van der Waals surface area contributed by atoms with Crippen LogP contribution in [0.25, 0.3) is 0 Å². The van der Waals surface area contributed by atoms with Gasteiger partial charge in [0.2, 0.25) is 5.91 Å². The molecular formula is C16H18N6O2. The highest BCUT2D eigenvalue weighted by Gasteiger charge is 2.34. The number of aromatic nitrogens is 2. The zero-order valence-electron chi connectivity index (χ0n) is 13.2. The number of para-hydroxylation sites is 1. The topological polar surface area (TPSA) is 106 Å². The zero-order valence-corrected chi connectivity index (χ0v) is 13.2. The molecule has 1 aromatic heterocycles. The fourth-order valence-corrected chi connectivity index (χ4v) is 2.54. The molecule has 0 bridgehead atoms. The number of hydrogen-bond acceptors (Lipinski definition) is 5. The Balaban J connectivity index is 1.72. The molecule has 0 radical (unpaired) electrons. The van der Waals surface area contributed by atoms with E-state index >= 15 is 0 Å². The van der Waals surface area contributed by atoms with Gasteiger partial charge in [-0.15, -0.1) is 0 Å². The van der Waals surface area contributed by atoms with Gasteiger partial charge in [0.1, 0.15) is 11.8 Å². The van der Waals surface area contributed by atoms with Gasteiger partial charge in [0.05, 0.1) is 11.9 Å². The van der Waals surface area contributed by atoms with Crippen LogP contribution in [0, 0.1) is 0 Å². The summed E-state index contributed by atoms with van der Waals surface area (Å²) in [7, 11) is 1.81. The number of nitrogens with zero attached hydrogens (tertiary/aromatic N) is 4.